The highest BCUT2D eigenvalue weighted by atomic mass is 15.4. The SMILES string of the molecule is Cc1cc(N2CCCCC2Cn2nc(C)cc2C)n2ncnc2n1. The zero-order chi connectivity index (χ0) is 16.7. The van der Waals surface area contributed by atoms with Crippen molar-refractivity contribution in [3.63, 3.8) is 0 Å². The van der Waals surface area contributed by atoms with Crippen LogP contribution in [0, 0.1) is 20.8 Å². The number of rotatable bonds is 3. The molecule has 1 fully saturated rings. The van der Waals surface area contributed by atoms with Gasteiger partial charge in [0.1, 0.15) is 12.1 Å². The molecule has 24 heavy (non-hydrogen) atoms. The average molecular weight is 325 g/mol. The van der Waals surface area contributed by atoms with Gasteiger partial charge in [-0.3, -0.25) is 4.68 Å². The Bertz CT molecular complexity index is 863. The predicted molar refractivity (Wildman–Crippen MR) is 92.2 cm³/mol. The maximum absolute atomic E-state index is 4.65. The van der Waals surface area contributed by atoms with Crippen molar-refractivity contribution >= 4 is 11.6 Å². The van der Waals surface area contributed by atoms with Gasteiger partial charge in [-0.2, -0.15) is 19.7 Å². The first-order valence-electron chi connectivity index (χ1n) is 8.57. The van der Waals surface area contributed by atoms with Crippen LogP contribution in [0.15, 0.2) is 18.5 Å². The standard InChI is InChI=1S/C17H23N7/c1-12-9-16(24-17(20-12)18-11-19-24)22-7-5-4-6-15(22)10-23-14(3)8-13(2)21-23/h8-9,11,15H,4-7,10H2,1-3H3. The molecule has 0 radical (unpaired) electrons. The maximum atomic E-state index is 4.65. The number of hydrogen-bond acceptors (Lipinski definition) is 5. The molecule has 0 spiro atoms. The summed E-state index contributed by atoms with van der Waals surface area (Å²) in [4.78, 5) is 11.2. The summed E-state index contributed by atoms with van der Waals surface area (Å²) >= 11 is 0. The van der Waals surface area contributed by atoms with E-state index in [0.717, 1.165) is 36.7 Å². The highest BCUT2D eigenvalue weighted by Crippen LogP contribution is 2.26. The van der Waals surface area contributed by atoms with Gasteiger partial charge in [-0.25, -0.2) is 4.98 Å². The van der Waals surface area contributed by atoms with Crippen LogP contribution in [-0.2, 0) is 6.54 Å². The van der Waals surface area contributed by atoms with Gasteiger partial charge < -0.3 is 4.90 Å². The minimum atomic E-state index is 0.408. The third kappa shape index (κ3) is 2.64. The van der Waals surface area contributed by atoms with Crippen molar-refractivity contribution in [3.8, 4) is 0 Å². The van der Waals surface area contributed by atoms with Gasteiger partial charge in [0.25, 0.3) is 5.78 Å². The number of aromatic nitrogens is 6. The van der Waals surface area contributed by atoms with Crippen LogP contribution in [0.25, 0.3) is 5.78 Å². The molecule has 7 nitrogen and oxygen atoms in total. The number of aryl methyl sites for hydroxylation is 3. The Labute approximate surface area is 141 Å². The quantitative estimate of drug-likeness (QED) is 0.739. The highest BCUT2D eigenvalue weighted by molar-refractivity contribution is 5.48. The van der Waals surface area contributed by atoms with Crippen molar-refractivity contribution in [2.75, 3.05) is 11.4 Å². The number of anilines is 1. The first-order chi connectivity index (χ1) is 11.6. The van der Waals surface area contributed by atoms with E-state index in [0.29, 0.717) is 11.8 Å². The zero-order valence-electron chi connectivity index (χ0n) is 14.5. The molecule has 1 atom stereocenters. The van der Waals surface area contributed by atoms with Crippen LogP contribution in [0.1, 0.15) is 36.3 Å². The summed E-state index contributed by atoms with van der Waals surface area (Å²) in [6, 6.07) is 4.66. The lowest BCUT2D eigenvalue weighted by molar-refractivity contribution is 0.390. The van der Waals surface area contributed by atoms with Crippen molar-refractivity contribution in [1.82, 2.24) is 29.4 Å². The van der Waals surface area contributed by atoms with E-state index in [1.807, 2.05) is 18.4 Å². The maximum Gasteiger partial charge on any atom is 0.254 e. The molecule has 0 aliphatic carbocycles. The van der Waals surface area contributed by atoms with Gasteiger partial charge in [-0.05, 0) is 46.1 Å². The molecule has 0 N–H and O–H groups in total. The Kier molecular flexibility index (Phi) is 3.70. The van der Waals surface area contributed by atoms with Crippen LogP contribution in [0.4, 0.5) is 5.82 Å². The van der Waals surface area contributed by atoms with E-state index >= 15 is 0 Å². The van der Waals surface area contributed by atoms with E-state index < -0.39 is 0 Å². The van der Waals surface area contributed by atoms with E-state index in [-0.39, 0.29) is 0 Å². The molecule has 0 aromatic carbocycles. The van der Waals surface area contributed by atoms with E-state index in [1.165, 1.54) is 18.5 Å². The molecule has 0 saturated carbocycles. The fourth-order valence-electron chi connectivity index (χ4n) is 3.67. The minimum absolute atomic E-state index is 0.408. The largest absolute Gasteiger partial charge is 0.352 e. The number of piperidine rings is 1. The molecule has 7 heteroatoms. The number of nitrogens with zero attached hydrogens (tertiary/aromatic N) is 7. The lowest BCUT2D eigenvalue weighted by atomic mass is 10.0. The lowest BCUT2D eigenvalue weighted by Gasteiger charge is -2.37. The molecule has 0 amide bonds. The van der Waals surface area contributed by atoms with Gasteiger partial charge in [0.15, 0.2) is 0 Å². The Morgan fingerprint density at radius 2 is 2.00 bits per heavy atom. The van der Waals surface area contributed by atoms with Crippen molar-refractivity contribution in [3.05, 3.63) is 35.5 Å². The smallest absolute Gasteiger partial charge is 0.254 e. The lowest BCUT2D eigenvalue weighted by Crippen LogP contribution is -2.43. The number of hydrogen-bond donors (Lipinski definition) is 0. The molecule has 3 aromatic rings. The van der Waals surface area contributed by atoms with E-state index in [4.69, 9.17) is 0 Å². The van der Waals surface area contributed by atoms with Gasteiger partial charge in [0.05, 0.1) is 18.3 Å². The Balaban J connectivity index is 1.71. The van der Waals surface area contributed by atoms with E-state index in [9.17, 15) is 0 Å². The fourth-order valence-corrected chi connectivity index (χ4v) is 3.67. The molecule has 126 valence electrons. The summed E-state index contributed by atoms with van der Waals surface area (Å²) in [5, 5.41) is 9.02. The van der Waals surface area contributed by atoms with Crippen molar-refractivity contribution < 1.29 is 0 Å². The zero-order valence-corrected chi connectivity index (χ0v) is 14.5. The van der Waals surface area contributed by atoms with Gasteiger partial charge in [-0.1, -0.05) is 0 Å². The predicted octanol–water partition coefficient (Wildman–Crippen LogP) is 2.31. The molecule has 4 heterocycles. The third-order valence-corrected chi connectivity index (χ3v) is 4.77. The number of fused-ring (bicyclic) bond motifs is 1. The molecular weight excluding hydrogens is 302 g/mol. The first kappa shape index (κ1) is 15.1. The first-order valence-corrected chi connectivity index (χ1v) is 8.57. The van der Waals surface area contributed by atoms with Crippen LogP contribution < -0.4 is 4.90 Å². The molecule has 1 aliphatic heterocycles. The monoisotopic (exact) mass is 325 g/mol. The second kappa shape index (κ2) is 5.89. The van der Waals surface area contributed by atoms with Crippen molar-refractivity contribution in [2.24, 2.45) is 0 Å². The van der Waals surface area contributed by atoms with Crippen LogP contribution >= 0.6 is 0 Å². The molecule has 3 aromatic heterocycles. The Morgan fingerprint density at radius 1 is 1.12 bits per heavy atom. The Morgan fingerprint density at radius 3 is 2.79 bits per heavy atom. The summed E-state index contributed by atoms with van der Waals surface area (Å²) in [7, 11) is 0. The third-order valence-electron chi connectivity index (χ3n) is 4.77. The summed E-state index contributed by atoms with van der Waals surface area (Å²) in [6.07, 6.45) is 5.19. The topological polar surface area (TPSA) is 64.1 Å². The van der Waals surface area contributed by atoms with Gasteiger partial charge >= 0.3 is 0 Å². The van der Waals surface area contributed by atoms with Crippen LogP contribution in [0.5, 0.6) is 0 Å². The summed E-state index contributed by atoms with van der Waals surface area (Å²) in [6.45, 7) is 8.12. The highest BCUT2D eigenvalue weighted by Gasteiger charge is 2.26. The van der Waals surface area contributed by atoms with E-state index in [2.05, 4.69) is 48.8 Å². The second-order valence-corrected chi connectivity index (χ2v) is 6.68. The minimum Gasteiger partial charge on any atom is -0.352 e. The van der Waals surface area contributed by atoms with Crippen molar-refractivity contribution in [1.29, 1.82) is 0 Å². The summed E-state index contributed by atoms with van der Waals surface area (Å²) in [5.74, 6) is 1.75. The molecule has 1 unspecified atom stereocenters. The van der Waals surface area contributed by atoms with Crippen LogP contribution in [0.2, 0.25) is 0 Å². The summed E-state index contributed by atoms with van der Waals surface area (Å²) in [5.41, 5.74) is 3.27. The normalized spacial score (nSPS) is 18.5. The molecular formula is C17H23N7. The summed E-state index contributed by atoms with van der Waals surface area (Å²) < 4.78 is 3.98. The van der Waals surface area contributed by atoms with E-state index in [1.54, 1.807) is 6.33 Å². The fraction of sp³-hybridized carbons (Fsp3) is 0.529. The van der Waals surface area contributed by atoms with Gasteiger partial charge in [-0.15, -0.1) is 0 Å². The second-order valence-electron chi connectivity index (χ2n) is 6.68. The van der Waals surface area contributed by atoms with Crippen LogP contribution in [0.3, 0.4) is 0 Å². The average Bonchev–Trinajstić information content (AvgIpc) is 3.13. The van der Waals surface area contributed by atoms with Gasteiger partial charge in [0, 0.05) is 24.0 Å². The Hall–Kier alpha value is -2.44. The van der Waals surface area contributed by atoms with Crippen molar-refractivity contribution in [2.45, 2.75) is 52.6 Å². The molecule has 1 saturated heterocycles. The molecule has 0 bridgehead atoms. The van der Waals surface area contributed by atoms with Crippen LogP contribution in [-0.4, -0.2) is 41.9 Å². The molecule has 4 rings (SSSR count). The molecule has 1 aliphatic rings. The van der Waals surface area contributed by atoms with Gasteiger partial charge in [0.2, 0.25) is 0 Å².